The minimum Gasteiger partial charge on any atom is -0.308 e. The van der Waals surface area contributed by atoms with Crippen LogP contribution in [0, 0.1) is 0 Å². The maximum atomic E-state index is 6.14. The number of halogens is 1. The average molecular weight is 325 g/mol. The van der Waals surface area contributed by atoms with Gasteiger partial charge in [-0.25, -0.2) is 0 Å². The molecule has 2 saturated carbocycles. The normalized spacial score (nSPS) is 27.9. The summed E-state index contributed by atoms with van der Waals surface area (Å²) >= 11 is 7.90. The summed E-state index contributed by atoms with van der Waals surface area (Å²) < 4.78 is 0.927. The van der Waals surface area contributed by atoms with Gasteiger partial charge in [-0.2, -0.15) is 0 Å². The fourth-order valence-corrected chi connectivity index (χ4v) is 5.92. The van der Waals surface area contributed by atoms with Gasteiger partial charge < -0.3 is 5.32 Å². The highest BCUT2D eigenvalue weighted by Crippen LogP contribution is 2.43. The van der Waals surface area contributed by atoms with Crippen molar-refractivity contribution in [3.8, 4) is 0 Å². The maximum Gasteiger partial charge on any atom is 0.0931 e. The van der Waals surface area contributed by atoms with E-state index in [9.17, 15) is 0 Å². The fourth-order valence-electron chi connectivity index (χ4n) is 4.81. The number of rotatable bonds is 2. The fraction of sp³-hybridized carbons (Fsp3) is 0.765. The van der Waals surface area contributed by atoms with Gasteiger partial charge in [0.1, 0.15) is 0 Å². The predicted molar refractivity (Wildman–Crippen MR) is 90.1 cm³/mol. The first-order chi connectivity index (χ1) is 10.2. The molecule has 2 heterocycles. The Hall–Kier alpha value is -0.0900. The van der Waals surface area contributed by atoms with Gasteiger partial charge in [-0.1, -0.05) is 37.3 Å². The second kappa shape index (κ2) is 5.52. The van der Waals surface area contributed by atoms with Gasteiger partial charge in [0.05, 0.1) is 4.34 Å². The molecule has 0 radical (unpaired) electrons. The third-order valence-electron chi connectivity index (χ3n) is 6.03. The van der Waals surface area contributed by atoms with Gasteiger partial charge in [-0.05, 0) is 37.8 Å². The molecule has 1 N–H and O–H groups in total. The number of piperazine rings is 1. The minimum atomic E-state index is 0.412. The lowest BCUT2D eigenvalue weighted by Gasteiger charge is -2.52. The Kier molecular flexibility index (Phi) is 3.81. The molecule has 0 unspecified atom stereocenters. The molecule has 4 heteroatoms. The standard InChI is InChI=1S/C17H25ClN2S/c18-15-6-5-14(21-15)11-20-13-16(7-1-2-8-16)19-12-17(20)9-3-4-10-17/h5-6,19H,1-4,7-13H2. The summed E-state index contributed by atoms with van der Waals surface area (Å²) in [6.45, 7) is 3.54. The van der Waals surface area contributed by atoms with E-state index in [0.29, 0.717) is 11.1 Å². The molecule has 1 aliphatic heterocycles. The lowest BCUT2D eigenvalue weighted by Crippen LogP contribution is -2.68. The molecule has 2 aliphatic carbocycles. The van der Waals surface area contributed by atoms with E-state index in [1.807, 2.05) is 0 Å². The van der Waals surface area contributed by atoms with Gasteiger partial charge in [-0.15, -0.1) is 11.3 Å². The van der Waals surface area contributed by atoms with Crippen molar-refractivity contribution in [1.82, 2.24) is 10.2 Å². The summed E-state index contributed by atoms with van der Waals surface area (Å²) in [6, 6.07) is 4.27. The van der Waals surface area contributed by atoms with E-state index in [1.54, 1.807) is 11.3 Å². The van der Waals surface area contributed by atoms with E-state index < -0.39 is 0 Å². The van der Waals surface area contributed by atoms with Gasteiger partial charge >= 0.3 is 0 Å². The van der Waals surface area contributed by atoms with E-state index in [4.69, 9.17) is 11.6 Å². The molecule has 3 aliphatic rings. The first-order valence-electron chi connectivity index (χ1n) is 8.44. The van der Waals surface area contributed by atoms with Crippen LogP contribution in [0.4, 0.5) is 0 Å². The number of hydrogen-bond acceptors (Lipinski definition) is 3. The minimum absolute atomic E-state index is 0.412. The number of nitrogens with zero attached hydrogens (tertiary/aromatic N) is 1. The molecule has 4 rings (SSSR count). The summed E-state index contributed by atoms with van der Waals surface area (Å²) in [4.78, 5) is 4.26. The highest BCUT2D eigenvalue weighted by molar-refractivity contribution is 7.16. The van der Waals surface area contributed by atoms with E-state index in [-0.39, 0.29) is 0 Å². The van der Waals surface area contributed by atoms with Gasteiger partial charge in [-0.3, -0.25) is 4.90 Å². The van der Waals surface area contributed by atoms with Crippen molar-refractivity contribution in [1.29, 1.82) is 0 Å². The Morgan fingerprint density at radius 3 is 2.48 bits per heavy atom. The average Bonchev–Trinajstić information content (AvgIpc) is 3.18. The van der Waals surface area contributed by atoms with Crippen molar-refractivity contribution in [3.63, 3.8) is 0 Å². The molecule has 116 valence electrons. The topological polar surface area (TPSA) is 15.3 Å². The monoisotopic (exact) mass is 324 g/mol. The molecule has 1 aromatic heterocycles. The summed E-state index contributed by atoms with van der Waals surface area (Å²) in [5.74, 6) is 0. The van der Waals surface area contributed by atoms with Crippen LogP contribution in [0.3, 0.4) is 0 Å². The molecule has 0 atom stereocenters. The highest BCUT2D eigenvalue weighted by Gasteiger charge is 2.49. The molecule has 2 nitrogen and oxygen atoms in total. The first-order valence-corrected chi connectivity index (χ1v) is 9.64. The smallest absolute Gasteiger partial charge is 0.0931 e. The van der Waals surface area contributed by atoms with Crippen molar-refractivity contribution in [3.05, 3.63) is 21.3 Å². The van der Waals surface area contributed by atoms with E-state index in [1.165, 1.54) is 69.3 Å². The molecule has 2 spiro atoms. The molecule has 0 amide bonds. The molecule has 0 bridgehead atoms. The quantitative estimate of drug-likeness (QED) is 0.865. The van der Waals surface area contributed by atoms with Crippen LogP contribution in [0.5, 0.6) is 0 Å². The second-order valence-electron chi connectivity index (χ2n) is 7.33. The van der Waals surface area contributed by atoms with Crippen molar-refractivity contribution >= 4 is 22.9 Å². The zero-order valence-corrected chi connectivity index (χ0v) is 14.2. The SMILES string of the molecule is Clc1ccc(CN2CC3(CCCC3)NCC23CCCC3)s1. The van der Waals surface area contributed by atoms with Crippen LogP contribution in [0.1, 0.15) is 56.2 Å². The zero-order valence-electron chi connectivity index (χ0n) is 12.7. The van der Waals surface area contributed by atoms with Crippen molar-refractivity contribution in [2.75, 3.05) is 13.1 Å². The van der Waals surface area contributed by atoms with Crippen LogP contribution in [0.15, 0.2) is 12.1 Å². The Balaban J connectivity index is 1.57. The Bertz CT molecular complexity index is 501. The van der Waals surface area contributed by atoms with Crippen molar-refractivity contribution in [2.24, 2.45) is 0 Å². The lowest BCUT2D eigenvalue weighted by molar-refractivity contribution is 0.00348. The van der Waals surface area contributed by atoms with Gasteiger partial charge in [0.25, 0.3) is 0 Å². The summed E-state index contributed by atoms with van der Waals surface area (Å²) in [7, 11) is 0. The Labute approximate surface area is 136 Å². The Morgan fingerprint density at radius 1 is 1.10 bits per heavy atom. The summed E-state index contributed by atoms with van der Waals surface area (Å²) in [5.41, 5.74) is 0.833. The van der Waals surface area contributed by atoms with Gasteiger partial charge in [0.15, 0.2) is 0 Å². The lowest BCUT2D eigenvalue weighted by atomic mass is 9.84. The van der Waals surface area contributed by atoms with Crippen LogP contribution in [-0.2, 0) is 6.54 Å². The van der Waals surface area contributed by atoms with Gasteiger partial charge in [0, 0.05) is 35.6 Å². The van der Waals surface area contributed by atoms with Crippen LogP contribution < -0.4 is 5.32 Å². The van der Waals surface area contributed by atoms with Crippen molar-refractivity contribution < 1.29 is 0 Å². The molecule has 1 saturated heterocycles. The summed E-state index contributed by atoms with van der Waals surface area (Å²) in [6.07, 6.45) is 11.1. The van der Waals surface area contributed by atoms with E-state index in [2.05, 4.69) is 22.3 Å². The summed E-state index contributed by atoms with van der Waals surface area (Å²) in [5, 5.41) is 3.98. The van der Waals surface area contributed by atoms with E-state index in [0.717, 1.165) is 10.9 Å². The predicted octanol–water partition coefficient (Wildman–Crippen LogP) is 4.43. The zero-order chi connectivity index (χ0) is 14.3. The molecular weight excluding hydrogens is 300 g/mol. The molecule has 0 aromatic carbocycles. The van der Waals surface area contributed by atoms with Crippen LogP contribution >= 0.6 is 22.9 Å². The first kappa shape index (κ1) is 14.5. The number of nitrogens with one attached hydrogen (secondary N) is 1. The van der Waals surface area contributed by atoms with Crippen LogP contribution in [-0.4, -0.2) is 29.1 Å². The van der Waals surface area contributed by atoms with Crippen LogP contribution in [0.2, 0.25) is 4.34 Å². The number of thiophene rings is 1. The number of hydrogen-bond donors (Lipinski definition) is 1. The maximum absolute atomic E-state index is 6.14. The third kappa shape index (κ3) is 2.67. The third-order valence-corrected chi connectivity index (χ3v) is 7.24. The molecule has 1 aromatic rings. The molecule has 21 heavy (non-hydrogen) atoms. The molecular formula is C17H25ClN2S. The second-order valence-corrected chi connectivity index (χ2v) is 9.13. The van der Waals surface area contributed by atoms with E-state index >= 15 is 0 Å². The van der Waals surface area contributed by atoms with Gasteiger partial charge in [0.2, 0.25) is 0 Å². The van der Waals surface area contributed by atoms with Crippen molar-refractivity contribution in [2.45, 2.75) is 69.0 Å². The molecule has 3 fully saturated rings. The van der Waals surface area contributed by atoms with Crippen LogP contribution in [0.25, 0.3) is 0 Å². The highest BCUT2D eigenvalue weighted by atomic mass is 35.5. The Morgan fingerprint density at radius 2 is 1.81 bits per heavy atom. The largest absolute Gasteiger partial charge is 0.308 e.